The van der Waals surface area contributed by atoms with Crippen LogP contribution in [0.5, 0.6) is 17.2 Å². The third-order valence-corrected chi connectivity index (χ3v) is 6.53. The number of piperidine rings is 1. The van der Waals surface area contributed by atoms with Gasteiger partial charge >= 0.3 is 0 Å². The molecule has 5 heteroatoms. The van der Waals surface area contributed by atoms with E-state index in [1.165, 1.54) is 6.42 Å². The summed E-state index contributed by atoms with van der Waals surface area (Å²) in [5.74, 6) is 1.61. The SMILES string of the molecule is C[C@@H]1CCCCN1Cc1c(O)ccc2c1OC(=CC1=Cc3ccccc3O[C@@H]1C)C2=O. The molecule has 2 aromatic carbocycles. The van der Waals surface area contributed by atoms with E-state index in [4.69, 9.17) is 9.47 Å². The Hall–Kier alpha value is -3.05. The normalized spacial score (nSPS) is 24.3. The molecule has 3 heterocycles. The number of fused-ring (bicyclic) bond motifs is 2. The molecule has 31 heavy (non-hydrogen) atoms. The van der Waals surface area contributed by atoms with Crippen molar-refractivity contribution in [3.05, 3.63) is 70.5 Å². The highest BCUT2D eigenvalue weighted by atomic mass is 16.5. The quantitative estimate of drug-likeness (QED) is 0.705. The number of carbonyl (C=O) groups is 1. The number of hydrogen-bond donors (Lipinski definition) is 1. The van der Waals surface area contributed by atoms with Crippen molar-refractivity contribution in [1.82, 2.24) is 4.90 Å². The highest BCUT2D eigenvalue weighted by Crippen LogP contribution is 2.41. The highest BCUT2D eigenvalue weighted by molar-refractivity contribution is 6.13. The van der Waals surface area contributed by atoms with Gasteiger partial charge in [0, 0.05) is 18.2 Å². The number of ether oxygens (including phenoxy) is 2. The molecular formula is C26H27NO4. The first-order valence-corrected chi connectivity index (χ1v) is 11.0. The first kappa shape index (κ1) is 19.9. The minimum atomic E-state index is -0.190. The molecule has 3 aliphatic rings. The van der Waals surface area contributed by atoms with Gasteiger partial charge in [-0.05, 0) is 69.2 Å². The molecule has 0 saturated carbocycles. The first-order valence-electron chi connectivity index (χ1n) is 11.0. The number of ketones is 1. The molecule has 3 aliphatic heterocycles. The lowest BCUT2D eigenvalue weighted by Gasteiger charge is -2.33. The molecule has 5 rings (SSSR count). The van der Waals surface area contributed by atoms with Crippen molar-refractivity contribution in [3.8, 4) is 17.2 Å². The minimum absolute atomic E-state index is 0.157. The van der Waals surface area contributed by atoms with E-state index >= 15 is 0 Å². The van der Waals surface area contributed by atoms with E-state index in [2.05, 4.69) is 11.8 Å². The molecule has 5 nitrogen and oxygen atoms in total. The lowest BCUT2D eigenvalue weighted by Crippen LogP contribution is -2.36. The first-order chi connectivity index (χ1) is 15.0. The topological polar surface area (TPSA) is 59.0 Å². The lowest BCUT2D eigenvalue weighted by molar-refractivity contribution is 0.101. The molecule has 0 bridgehead atoms. The third kappa shape index (κ3) is 3.63. The third-order valence-electron chi connectivity index (χ3n) is 6.53. The molecule has 0 amide bonds. The van der Waals surface area contributed by atoms with Gasteiger partial charge in [-0.3, -0.25) is 9.69 Å². The molecule has 0 aliphatic carbocycles. The summed E-state index contributed by atoms with van der Waals surface area (Å²) in [7, 11) is 0. The smallest absolute Gasteiger partial charge is 0.231 e. The van der Waals surface area contributed by atoms with Crippen molar-refractivity contribution in [2.45, 2.75) is 51.8 Å². The fourth-order valence-electron chi connectivity index (χ4n) is 4.62. The average molecular weight is 418 g/mol. The number of aromatic hydroxyl groups is 1. The summed E-state index contributed by atoms with van der Waals surface area (Å²) < 4.78 is 12.1. The zero-order valence-electron chi connectivity index (χ0n) is 17.9. The monoisotopic (exact) mass is 417 g/mol. The fourth-order valence-corrected chi connectivity index (χ4v) is 4.62. The number of nitrogens with zero attached hydrogens (tertiary/aromatic N) is 1. The maximum Gasteiger partial charge on any atom is 0.231 e. The number of benzene rings is 2. The number of Topliss-reactive ketones (excluding diaryl/α,β-unsaturated/α-hetero) is 1. The number of hydrogen-bond acceptors (Lipinski definition) is 5. The Morgan fingerprint density at radius 1 is 1.16 bits per heavy atom. The predicted molar refractivity (Wildman–Crippen MR) is 119 cm³/mol. The molecule has 2 aromatic rings. The van der Waals surface area contributed by atoms with Gasteiger partial charge in [0.2, 0.25) is 5.78 Å². The van der Waals surface area contributed by atoms with Crippen LogP contribution in [0.1, 0.15) is 54.6 Å². The van der Waals surface area contributed by atoms with Crippen LogP contribution in [0.3, 0.4) is 0 Å². The summed E-state index contributed by atoms with van der Waals surface area (Å²) in [5, 5.41) is 10.6. The van der Waals surface area contributed by atoms with Crippen LogP contribution in [0.15, 0.2) is 53.8 Å². The molecule has 0 spiro atoms. The summed E-state index contributed by atoms with van der Waals surface area (Å²) in [4.78, 5) is 15.4. The van der Waals surface area contributed by atoms with Crippen molar-refractivity contribution in [2.75, 3.05) is 6.54 Å². The molecule has 0 aromatic heterocycles. The van der Waals surface area contributed by atoms with Gasteiger partial charge in [0.1, 0.15) is 23.4 Å². The molecule has 1 fully saturated rings. The van der Waals surface area contributed by atoms with Crippen molar-refractivity contribution in [3.63, 3.8) is 0 Å². The van der Waals surface area contributed by atoms with Gasteiger partial charge in [0.15, 0.2) is 5.76 Å². The van der Waals surface area contributed by atoms with Crippen LogP contribution in [0, 0.1) is 0 Å². The van der Waals surface area contributed by atoms with Gasteiger partial charge < -0.3 is 14.6 Å². The molecule has 0 radical (unpaired) electrons. The fraction of sp³-hybridized carbons (Fsp3) is 0.346. The zero-order chi connectivity index (χ0) is 21.5. The van der Waals surface area contributed by atoms with Gasteiger partial charge in [-0.15, -0.1) is 0 Å². The number of likely N-dealkylation sites (tertiary alicyclic amines) is 1. The predicted octanol–water partition coefficient (Wildman–Crippen LogP) is 5.09. The summed E-state index contributed by atoms with van der Waals surface area (Å²) in [6.45, 7) is 5.74. The Kier molecular flexibility index (Phi) is 5.06. The maximum atomic E-state index is 13.1. The number of allylic oxidation sites excluding steroid dienone is 1. The van der Waals surface area contributed by atoms with Gasteiger partial charge in [-0.25, -0.2) is 0 Å². The lowest BCUT2D eigenvalue weighted by atomic mass is 9.99. The Labute approximate surface area is 182 Å². The van der Waals surface area contributed by atoms with Crippen LogP contribution in [0.25, 0.3) is 6.08 Å². The second-order valence-corrected chi connectivity index (χ2v) is 8.64. The van der Waals surface area contributed by atoms with E-state index < -0.39 is 0 Å². The van der Waals surface area contributed by atoms with E-state index in [1.807, 2.05) is 37.3 Å². The van der Waals surface area contributed by atoms with Gasteiger partial charge in [0.25, 0.3) is 0 Å². The van der Waals surface area contributed by atoms with Crippen LogP contribution < -0.4 is 9.47 Å². The minimum Gasteiger partial charge on any atom is -0.507 e. The van der Waals surface area contributed by atoms with Gasteiger partial charge in [-0.1, -0.05) is 24.6 Å². The molecule has 0 unspecified atom stereocenters. The van der Waals surface area contributed by atoms with Crippen LogP contribution in [0.4, 0.5) is 0 Å². The molecule has 1 saturated heterocycles. The Morgan fingerprint density at radius 3 is 2.84 bits per heavy atom. The van der Waals surface area contributed by atoms with E-state index in [-0.39, 0.29) is 23.4 Å². The number of phenolic OH excluding ortho intramolecular Hbond substituents is 1. The van der Waals surface area contributed by atoms with E-state index in [0.717, 1.165) is 36.3 Å². The van der Waals surface area contributed by atoms with Crippen LogP contribution in [0.2, 0.25) is 0 Å². The van der Waals surface area contributed by atoms with E-state index in [1.54, 1.807) is 18.2 Å². The van der Waals surface area contributed by atoms with Crippen LogP contribution >= 0.6 is 0 Å². The molecule has 2 atom stereocenters. The highest BCUT2D eigenvalue weighted by Gasteiger charge is 2.33. The summed E-state index contributed by atoms with van der Waals surface area (Å²) in [6.07, 6.45) is 7.14. The average Bonchev–Trinajstić information content (AvgIpc) is 3.07. The standard InChI is InChI=1S/C26H27NO4/c1-16-7-5-6-12-27(16)15-21-22(28)11-10-20-25(29)24(31-26(20)21)14-19-13-18-8-3-4-9-23(18)30-17(19)2/h3-4,8-11,13-14,16-17,28H,5-7,12,15H2,1-2H3/t16-,17-/m1/s1. The van der Waals surface area contributed by atoms with E-state index in [0.29, 0.717) is 29.5 Å². The van der Waals surface area contributed by atoms with E-state index in [9.17, 15) is 9.90 Å². The van der Waals surface area contributed by atoms with Crippen LogP contribution in [-0.4, -0.2) is 34.5 Å². The Morgan fingerprint density at radius 2 is 2.00 bits per heavy atom. The van der Waals surface area contributed by atoms with Crippen LogP contribution in [-0.2, 0) is 6.54 Å². The summed E-state index contributed by atoms with van der Waals surface area (Å²) in [5.41, 5.74) is 3.06. The Balaban J connectivity index is 1.47. The largest absolute Gasteiger partial charge is 0.507 e. The summed E-state index contributed by atoms with van der Waals surface area (Å²) in [6, 6.07) is 11.5. The summed E-state index contributed by atoms with van der Waals surface area (Å²) >= 11 is 0. The van der Waals surface area contributed by atoms with Crippen molar-refractivity contribution >= 4 is 11.9 Å². The number of phenols is 1. The number of rotatable bonds is 3. The molecule has 1 N–H and O–H groups in total. The van der Waals surface area contributed by atoms with Crippen molar-refractivity contribution in [2.24, 2.45) is 0 Å². The second-order valence-electron chi connectivity index (χ2n) is 8.64. The van der Waals surface area contributed by atoms with Gasteiger partial charge in [0.05, 0.1) is 11.1 Å². The zero-order valence-corrected chi connectivity index (χ0v) is 17.9. The molecule has 160 valence electrons. The number of para-hydroxylation sites is 1. The molecular weight excluding hydrogens is 390 g/mol. The maximum absolute atomic E-state index is 13.1. The van der Waals surface area contributed by atoms with Crippen molar-refractivity contribution in [1.29, 1.82) is 0 Å². The number of carbonyl (C=O) groups excluding carboxylic acids is 1. The second kappa shape index (κ2) is 7.89. The van der Waals surface area contributed by atoms with Crippen molar-refractivity contribution < 1.29 is 19.4 Å². The Bertz CT molecular complexity index is 1100. The van der Waals surface area contributed by atoms with Gasteiger partial charge in [-0.2, -0.15) is 0 Å².